The number of aromatic nitrogens is 8. The Morgan fingerprint density at radius 3 is 0.978 bits per heavy atom. The Morgan fingerprint density at radius 1 is 0.435 bits per heavy atom. The van der Waals surface area contributed by atoms with Crippen molar-refractivity contribution in [1.82, 2.24) is 80.7 Å². The third-order valence-corrected chi connectivity index (χ3v) is 29.9. The number of likely N-dealkylation sites (tertiary alicyclic amines) is 4. The van der Waals surface area contributed by atoms with Gasteiger partial charge in [-0.3, -0.25) is 38.4 Å². The minimum atomic E-state index is -2.97. The predicted octanol–water partition coefficient (Wildman–Crippen LogP) is 16.2. The maximum Gasteiger partial charge on any atom is 0.280 e. The highest BCUT2D eigenvalue weighted by molar-refractivity contribution is 7.18. The van der Waals surface area contributed by atoms with Crippen molar-refractivity contribution in [2.45, 2.75) is 324 Å². The molecule has 0 spiro atoms. The van der Waals surface area contributed by atoms with Crippen molar-refractivity contribution in [2.24, 2.45) is 11.8 Å². The summed E-state index contributed by atoms with van der Waals surface area (Å²) in [5, 5.41) is 65.4. The molecule has 8 amide bonds. The predicted molar refractivity (Wildman–Crippen MR) is 540 cm³/mol. The van der Waals surface area contributed by atoms with Gasteiger partial charge in [-0.15, -0.1) is 45.3 Å². The highest BCUT2D eigenvalue weighted by Gasteiger charge is 2.47. The number of hydrogen-bond acceptors (Lipinski definition) is 28. The first kappa shape index (κ1) is 107. The molecule has 0 aromatic carbocycles. The number of carbonyl (C=O) groups excluding carboxylic acids is 8. The third kappa shape index (κ3) is 27.9. The van der Waals surface area contributed by atoms with Crippen LogP contribution in [0.5, 0.6) is 0 Å². The van der Waals surface area contributed by atoms with Crippen LogP contribution in [-0.2, 0) is 0 Å². The molecule has 12 N–H and O–H groups in total. The molecule has 38 heteroatoms. The Bertz CT molecular complexity index is 5550. The smallest absolute Gasteiger partial charge is 0.280 e. The lowest BCUT2D eigenvalue weighted by Gasteiger charge is -2.36. The molecule has 0 unspecified atom stereocenters. The van der Waals surface area contributed by atoms with Gasteiger partial charge in [-0.05, 0) is 286 Å². The van der Waals surface area contributed by atoms with Gasteiger partial charge in [0.15, 0.2) is 20.0 Å². The van der Waals surface area contributed by atoms with Crippen LogP contribution < -0.4 is 42.5 Å². The number of anilines is 4. The number of aryl methyl sites for hydroxylation is 4. The number of halogens is 2. The number of nitrogens with one attached hydrogen (secondary N) is 8. The van der Waals surface area contributed by atoms with Crippen LogP contribution >= 0.6 is 45.3 Å². The van der Waals surface area contributed by atoms with E-state index in [9.17, 15) is 67.6 Å². The number of aliphatic hydroxyl groups is 4. The molecule has 7 aliphatic rings. The summed E-state index contributed by atoms with van der Waals surface area (Å²) in [4.78, 5) is 150. The van der Waals surface area contributed by atoms with Gasteiger partial charge in [0.2, 0.25) is 0 Å². The minimum absolute atomic E-state index is 0.00462. The molecule has 4 saturated heterocycles. The molecule has 4 aliphatic heterocycles. The Labute approximate surface area is 824 Å². The van der Waals surface area contributed by atoms with Gasteiger partial charge in [0, 0.05) is 147 Å². The van der Waals surface area contributed by atoms with Crippen molar-refractivity contribution in [3.63, 3.8) is 0 Å². The number of thiazole rings is 4. The summed E-state index contributed by atoms with van der Waals surface area (Å²) in [6.45, 7) is 41.4. The fourth-order valence-electron chi connectivity index (χ4n) is 17.4. The Balaban J connectivity index is 0.000000165. The van der Waals surface area contributed by atoms with Gasteiger partial charge in [-0.2, -0.15) is 0 Å². The molecule has 3 saturated carbocycles. The quantitative estimate of drug-likeness (QED) is 0.0192. The van der Waals surface area contributed by atoms with Crippen LogP contribution in [0, 0.1) is 39.5 Å². The van der Waals surface area contributed by atoms with Crippen molar-refractivity contribution in [1.29, 1.82) is 0 Å². The molecule has 138 heavy (non-hydrogen) atoms. The molecule has 3 aliphatic carbocycles. The molecular formula is C100H140F2N20O12S4. The average molecular weight is 1980 g/mol. The van der Waals surface area contributed by atoms with E-state index in [1.807, 2.05) is 101 Å². The van der Waals surface area contributed by atoms with Crippen LogP contribution in [0.2, 0.25) is 0 Å². The first-order chi connectivity index (χ1) is 64.8. The van der Waals surface area contributed by atoms with Gasteiger partial charge in [-0.1, -0.05) is 13.8 Å². The van der Waals surface area contributed by atoms with Crippen molar-refractivity contribution < 1.29 is 67.6 Å². The number of carbonyl (C=O) groups is 8. The zero-order valence-corrected chi connectivity index (χ0v) is 86.9. The maximum absolute atomic E-state index is 14.0. The van der Waals surface area contributed by atoms with E-state index < -0.39 is 71.0 Å². The van der Waals surface area contributed by atoms with Gasteiger partial charge in [0.25, 0.3) is 53.2 Å². The Kier molecular flexibility index (Phi) is 34.2. The molecule has 7 fully saturated rings. The lowest BCUT2D eigenvalue weighted by Crippen LogP contribution is -2.47. The molecule has 6 atom stereocenters. The van der Waals surface area contributed by atoms with E-state index in [0.717, 1.165) is 142 Å². The van der Waals surface area contributed by atoms with Gasteiger partial charge in [0.05, 0.1) is 48.5 Å². The second-order valence-electron chi connectivity index (χ2n) is 41.5. The number of hydrogen-bond donors (Lipinski definition) is 12. The van der Waals surface area contributed by atoms with Crippen LogP contribution in [0.25, 0.3) is 41.8 Å². The summed E-state index contributed by atoms with van der Waals surface area (Å²) >= 11 is 4.60. The summed E-state index contributed by atoms with van der Waals surface area (Å²) < 4.78 is 28.0. The largest absolute Gasteiger partial charge is 0.389 e. The summed E-state index contributed by atoms with van der Waals surface area (Å²) in [5.41, 5.74) is 3.36. The van der Waals surface area contributed by atoms with Crippen LogP contribution in [0.4, 0.5) is 32.1 Å². The maximum atomic E-state index is 14.0. The molecule has 0 radical (unpaired) electrons. The lowest BCUT2D eigenvalue weighted by atomic mass is 9.80. The summed E-state index contributed by atoms with van der Waals surface area (Å²) in [7, 11) is 0. The zero-order chi connectivity index (χ0) is 101. The van der Waals surface area contributed by atoms with E-state index in [1.165, 1.54) is 59.7 Å². The van der Waals surface area contributed by atoms with Gasteiger partial charge >= 0.3 is 0 Å². The van der Waals surface area contributed by atoms with E-state index in [0.29, 0.717) is 92.5 Å². The number of amides is 8. The SMILES string of the molecule is CC[C@@H](Nc1cc(C)c(-c2sc(C(=O)NCC(C)(C)O)nc2C(=O)N2CCC[C@@H]2C)cn1)C1CC1.CC[C@H](Nc1cc(C)c(-c2sc(C(=O)NCC(C)(C)O)nc2C(=O)N2CCC[C@@H]2C)cn1)C1CC1.Cc1cc(NC(C)(C)C)ncc1-c1sc(C(=O)NCC2(O)CCC2)nc1C(=O)N1CCC[C@@H]1C.Cc1cc(NC(C)C)ncc1-c1sc(C(=O)NCC(C)(C)O)nc1C(=O)N1CC(F)(F)C[C@@H]1C. The minimum Gasteiger partial charge on any atom is -0.389 e. The van der Waals surface area contributed by atoms with Crippen molar-refractivity contribution in [3.8, 4) is 41.8 Å². The first-order valence-electron chi connectivity index (χ1n) is 48.4. The zero-order valence-electron chi connectivity index (χ0n) is 83.6. The van der Waals surface area contributed by atoms with Crippen LogP contribution in [0.1, 0.15) is 324 Å². The van der Waals surface area contributed by atoms with Crippen LogP contribution in [-0.4, -0.2) is 256 Å². The van der Waals surface area contributed by atoms with Crippen molar-refractivity contribution in [2.75, 3.05) is 73.6 Å². The molecule has 32 nitrogen and oxygen atoms in total. The van der Waals surface area contributed by atoms with Crippen molar-refractivity contribution >= 4 is 116 Å². The standard InChI is InChI=1S/2C26H37N5O3S.C25H35N5O3S.C23H31F2N5O3S/c2*1-6-19(17-9-10-17)29-20-12-15(2)18(13-27-20)22-21(25(33)31-11-7-8-16(31)3)30-24(35-22)23(32)28-14-26(4,5)34;1-15-12-18(29-24(3,4)5)26-13-17(15)20-19(23(32)30-11-6-8-16(30)2)28-22(34-20)21(31)27-14-25(33)9-7-10-25;1-12(2)28-16-7-13(3)15(9-26-16)18-17(21(32)30-11-23(24,25)8-14(30)4)29-20(34-18)19(31)27-10-22(5,6)33/h2*12-13,16-17,19,34H,6-11,14H2,1-5H3,(H,27,29)(H,28,32);12-13,16,33H,6-11,14H2,1-5H3,(H,26,29)(H,27,31);7,9,12,14,33H,8,10-11H2,1-6H3,(H,26,28)(H,27,31)/t16-,19+;16-,19-;16-;14-/m0000/s1. The number of pyridine rings is 4. The summed E-state index contributed by atoms with van der Waals surface area (Å²) in [6, 6.07) is 8.60. The molecule has 0 bridgehead atoms. The highest BCUT2D eigenvalue weighted by Crippen LogP contribution is 2.44. The second-order valence-corrected chi connectivity index (χ2v) is 45.5. The Hall–Kier alpha value is -10.2. The lowest BCUT2D eigenvalue weighted by molar-refractivity contribution is -0.0300. The normalized spacial score (nSPS) is 18.9. The number of nitrogens with zero attached hydrogens (tertiary/aromatic N) is 12. The average Bonchev–Trinajstić information content (AvgIpc) is 1.55. The number of rotatable bonds is 31. The molecule has 8 aromatic heterocycles. The van der Waals surface area contributed by atoms with E-state index in [2.05, 4.69) is 117 Å². The molecule has 12 heterocycles. The van der Waals surface area contributed by atoms with E-state index in [1.54, 1.807) is 73.3 Å². The number of alkyl halides is 2. The summed E-state index contributed by atoms with van der Waals surface area (Å²) in [5.74, 6) is -1.27. The molecular weight excluding hydrogens is 1840 g/mol. The monoisotopic (exact) mass is 1980 g/mol. The van der Waals surface area contributed by atoms with Crippen molar-refractivity contribution in [3.05, 3.63) is 114 Å². The van der Waals surface area contributed by atoms with Gasteiger partial charge in [0.1, 0.15) is 46.0 Å². The second kappa shape index (κ2) is 44.3. The van der Waals surface area contributed by atoms with Gasteiger partial charge < -0.3 is 82.6 Å². The first-order valence-corrected chi connectivity index (χ1v) is 51.7. The highest BCUT2D eigenvalue weighted by atomic mass is 32.1. The fraction of sp³-hybridized carbons (Fsp3) is 0.600. The molecule has 750 valence electrons. The van der Waals surface area contributed by atoms with Crippen LogP contribution in [0.3, 0.4) is 0 Å². The topological polar surface area (TPSA) is 430 Å². The van der Waals surface area contributed by atoms with E-state index >= 15 is 0 Å². The van der Waals surface area contributed by atoms with Gasteiger partial charge in [-0.25, -0.2) is 48.7 Å². The van der Waals surface area contributed by atoms with E-state index in [-0.39, 0.29) is 105 Å². The summed E-state index contributed by atoms with van der Waals surface area (Å²) in [6.07, 6.45) is 21.8. The van der Waals surface area contributed by atoms with Crippen LogP contribution in [0.15, 0.2) is 49.1 Å². The third-order valence-electron chi connectivity index (χ3n) is 25.5. The Morgan fingerprint density at radius 2 is 0.732 bits per heavy atom. The molecule has 15 rings (SSSR count). The van der Waals surface area contributed by atoms with E-state index in [4.69, 9.17) is 0 Å². The molecule has 8 aromatic rings. The fourth-order valence-corrected chi connectivity index (χ4v) is 21.5.